The van der Waals surface area contributed by atoms with Crippen molar-refractivity contribution >= 4 is 22.6 Å². The van der Waals surface area contributed by atoms with E-state index in [9.17, 15) is 4.79 Å². The van der Waals surface area contributed by atoms with Crippen LogP contribution >= 0.6 is 0 Å². The summed E-state index contributed by atoms with van der Waals surface area (Å²) in [6.45, 7) is 8.70. The van der Waals surface area contributed by atoms with Crippen molar-refractivity contribution < 1.29 is 4.79 Å². The number of carbonyl (C=O) groups is 1. The number of carbonyl (C=O) groups excluding carboxylic acids is 1. The Bertz CT molecular complexity index is 937. The van der Waals surface area contributed by atoms with Gasteiger partial charge in [-0.15, -0.1) is 0 Å². The number of anilines is 1. The topological polar surface area (TPSA) is 77.6 Å². The highest BCUT2D eigenvalue weighted by molar-refractivity contribution is 6.12. The lowest BCUT2D eigenvalue weighted by Crippen LogP contribution is -2.14. The number of amides is 1. The molecule has 0 unspecified atom stereocenters. The third-order valence-electron chi connectivity index (χ3n) is 4.46. The van der Waals surface area contributed by atoms with Gasteiger partial charge in [0.1, 0.15) is 0 Å². The first kappa shape index (κ1) is 17.1. The van der Waals surface area contributed by atoms with E-state index in [-0.39, 0.29) is 5.91 Å². The van der Waals surface area contributed by atoms with E-state index >= 15 is 0 Å². The lowest BCUT2D eigenvalue weighted by Gasteiger charge is -2.08. The molecule has 0 atom stereocenters. The summed E-state index contributed by atoms with van der Waals surface area (Å²) in [6.07, 6.45) is 3.78. The maximum Gasteiger partial charge on any atom is 0.256 e. The van der Waals surface area contributed by atoms with Crippen molar-refractivity contribution in [3.63, 3.8) is 0 Å². The normalized spacial score (nSPS) is 11.2. The number of hydrogen-bond acceptors (Lipinski definition) is 4. The predicted molar refractivity (Wildman–Crippen MR) is 97.8 cm³/mol. The predicted octanol–water partition coefficient (Wildman–Crippen LogP) is 3.14. The molecule has 7 heteroatoms. The number of hydrogen-bond donors (Lipinski definition) is 1. The highest BCUT2D eigenvalue weighted by Crippen LogP contribution is 2.24. The Labute approximate surface area is 147 Å². The van der Waals surface area contributed by atoms with Gasteiger partial charge < -0.3 is 5.32 Å². The summed E-state index contributed by atoms with van der Waals surface area (Å²) in [5, 5.41) is 12.5. The van der Waals surface area contributed by atoms with Crippen molar-refractivity contribution in [1.29, 1.82) is 0 Å². The molecule has 0 fully saturated rings. The van der Waals surface area contributed by atoms with Crippen LogP contribution in [-0.4, -0.2) is 30.5 Å². The molecular weight excluding hydrogens is 316 g/mol. The van der Waals surface area contributed by atoms with Crippen LogP contribution in [-0.2, 0) is 13.6 Å². The SMILES string of the molecule is CCCCn1nc(C)c2c(C(=O)Nc3cnn(C)c3C)cc(C)nc21. The van der Waals surface area contributed by atoms with E-state index in [0.29, 0.717) is 11.3 Å². The Balaban J connectivity index is 2.04. The smallest absolute Gasteiger partial charge is 0.256 e. The monoisotopic (exact) mass is 340 g/mol. The fraction of sp³-hybridized carbons (Fsp3) is 0.444. The van der Waals surface area contributed by atoms with Gasteiger partial charge in [-0.05, 0) is 33.3 Å². The van der Waals surface area contributed by atoms with Crippen LogP contribution in [0, 0.1) is 20.8 Å². The van der Waals surface area contributed by atoms with E-state index in [4.69, 9.17) is 0 Å². The molecule has 3 aromatic rings. The molecule has 0 aliphatic carbocycles. The third-order valence-corrected chi connectivity index (χ3v) is 4.46. The summed E-state index contributed by atoms with van der Waals surface area (Å²) in [6, 6.07) is 1.82. The average molecular weight is 340 g/mol. The van der Waals surface area contributed by atoms with Crippen LogP contribution in [0.5, 0.6) is 0 Å². The van der Waals surface area contributed by atoms with Crippen molar-refractivity contribution in [2.24, 2.45) is 7.05 Å². The van der Waals surface area contributed by atoms with Gasteiger partial charge in [-0.25, -0.2) is 9.67 Å². The lowest BCUT2D eigenvalue weighted by molar-refractivity contribution is 0.102. The molecule has 0 aromatic carbocycles. The molecule has 3 heterocycles. The fourth-order valence-corrected chi connectivity index (χ4v) is 2.93. The molecule has 1 N–H and O–H groups in total. The molecular formula is C18H24N6O. The molecule has 0 saturated carbocycles. The Morgan fingerprint density at radius 1 is 1.28 bits per heavy atom. The number of aromatic nitrogens is 5. The van der Waals surface area contributed by atoms with Crippen LogP contribution < -0.4 is 5.32 Å². The highest BCUT2D eigenvalue weighted by atomic mass is 16.1. The number of rotatable bonds is 5. The molecule has 132 valence electrons. The maximum absolute atomic E-state index is 12.9. The van der Waals surface area contributed by atoms with Gasteiger partial charge in [0.2, 0.25) is 0 Å². The van der Waals surface area contributed by atoms with Crippen LogP contribution in [0.2, 0.25) is 0 Å². The number of pyridine rings is 1. The van der Waals surface area contributed by atoms with Gasteiger partial charge in [-0.3, -0.25) is 9.48 Å². The minimum absolute atomic E-state index is 0.162. The third kappa shape index (κ3) is 3.14. The highest BCUT2D eigenvalue weighted by Gasteiger charge is 2.19. The minimum atomic E-state index is -0.162. The summed E-state index contributed by atoms with van der Waals surface area (Å²) in [5.74, 6) is -0.162. The molecule has 0 aliphatic rings. The number of unbranched alkanes of at least 4 members (excludes halogenated alkanes) is 1. The van der Waals surface area contributed by atoms with Crippen LogP contribution in [0.15, 0.2) is 12.3 Å². The molecule has 7 nitrogen and oxygen atoms in total. The maximum atomic E-state index is 12.9. The van der Waals surface area contributed by atoms with Gasteiger partial charge in [0.05, 0.1) is 34.2 Å². The second kappa shape index (κ2) is 6.66. The van der Waals surface area contributed by atoms with E-state index in [0.717, 1.165) is 47.5 Å². The van der Waals surface area contributed by atoms with Crippen LogP contribution in [0.4, 0.5) is 5.69 Å². The number of nitrogens with one attached hydrogen (secondary N) is 1. The van der Waals surface area contributed by atoms with Gasteiger partial charge >= 0.3 is 0 Å². The van der Waals surface area contributed by atoms with Crippen molar-refractivity contribution in [1.82, 2.24) is 24.5 Å². The first-order valence-electron chi connectivity index (χ1n) is 8.57. The zero-order valence-electron chi connectivity index (χ0n) is 15.4. The first-order chi connectivity index (χ1) is 11.9. The van der Waals surface area contributed by atoms with Gasteiger partial charge in [-0.1, -0.05) is 13.3 Å². The zero-order chi connectivity index (χ0) is 18.1. The molecule has 0 radical (unpaired) electrons. The molecule has 0 spiro atoms. The summed E-state index contributed by atoms with van der Waals surface area (Å²) in [4.78, 5) is 17.5. The van der Waals surface area contributed by atoms with Crippen LogP contribution in [0.1, 0.15) is 47.2 Å². The van der Waals surface area contributed by atoms with E-state index in [2.05, 4.69) is 27.4 Å². The van der Waals surface area contributed by atoms with Crippen molar-refractivity contribution in [2.45, 2.75) is 47.1 Å². The lowest BCUT2D eigenvalue weighted by atomic mass is 10.1. The van der Waals surface area contributed by atoms with Crippen molar-refractivity contribution in [2.75, 3.05) is 5.32 Å². The van der Waals surface area contributed by atoms with E-state index in [1.807, 2.05) is 38.6 Å². The zero-order valence-corrected chi connectivity index (χ0v) is 15.4. The first-order valence-corrected chi connectivity index (χ1v) is 8.57. The quantitative estimate of drug-likeness (QED) is 0.774. The van der Waals surface area contributed by atoms with E-state index in [1.54, 1.807) is 10.9 Å². The molecule has 0 saturated heterocycles. The summed E-state index contributed by atoms with van der Waals surface area (Å²) < 4.78 is 3.64. The van der Waals surface area contributed by atoms with Gasteiger partial charge in [0.15, 0.2) is 5.65 Å². The molecule has 3 aromatic heterocycles. The summed E-state index contributed by atoms with van der Waals surface area (Å²) in [7, 11) is 1.85. The van der Waals surface area contributed by atoms with Gasteiger partial charge in [-0.2, -0.15) is 10.2 Å². The summed E-state index contributed by atoms with van der Waals surface area (Å²) >= 11 is 0. The van der Waals surface area contributed by atoms with Gasteiger partial charge in [0.25, 0.3) is 5.91 Å². The van der Waals surface area contributed by atoms with E-state index < -0.39 is 0 Å². The number of aryl methyl sites for hydroxylation is 4. The number of nitrogens with zero attached hydrogens (tertiary/aromatic N) is 5. The average Bonchev–Trinajstić information content (AvgIpc) is 3.06. The second-order valence-corrected chi connectivity index (χ2v) is 6.39. The Morgan fingerprint density at radius 2 is 2.04 bits per heavy atom. The van der Waals surface area contributed by atoms with Crippen LogP contribution in [0.3, 0.4) is 0 Å². The van der Waals surface area contributed by atoms with Crippen molar-refractivity contribution in [3.8, 4) is 0 Å². The van der Waals surface area contributed by atoms with Crippen molar-refractivity contribution in [3.05, 3.63) is 34.9 Å². The standard InChI is InChI=1S/C18H24N6O/c1-6-7-8-24-17-16(12(3)22-24)14(9-11(2)20-17)18(25)21-15-10-19-23(5)13(15)4/h9-10H,6-8H2,1-5H3,(H,21,25). The molecule has 0 bridgehead atoms. The Kier molecular flexibility index (Phi) is 4.57. The van der Waals surface area contributed by atoms with Crippen LogP contribution in [0.25, 0.3) is 11.0 Å². The Hall–Kier alpha value is -2.70. The largest absolute Gasteiger partial charge is 0.319 e. The van der Waals surface area contributed by atoms with E-state index in [1.165, 1.54) is 0 Å². The molecule has 3 rings (SSSR count). The summed E-state index contributed by atoms with van der Waals surface area (Å²) in [5.41, 5.74) is 4.63. The second-order valence-electron chi connectivity index (χ2n) is 6.39. The van der Waals surface area contributed by atoms with Gasteiger partial charge in [0, 0.05) is 19.3 Å². The fourth-order valence-electron chi connectivity index (χ4n) is 2.93. The molecule has 25 heavy (non-hydrogen) atoms. The molecule has 1 amide bonds. The minimum Gasteiger partial charge on any atom is -0.319 e. The Morgan fingerprint density at radius 3 is 2.68 bits per heavy atom. The number of fused-ring (bicyclic) bond motifs is 1. The molecule has 0 aliphatic heterocycles.